The monoisotopic (exact) mass is 463 g/mol. The number of fused-ring (bicyclic) bond motifs is 2. The first-order chi connectivity index (χ1) is 16.4. The first-order valence-electron chi connectivity index (χ1n) is 12.0. The predicted molar refractivity (Wildman–Crippen MR) is 135 cm³/mol. The summed E-state index contributed by atoms with van der Waals surface area (Å²) in [5, 5.41) is 6.16. The van der Waals surface area contributed by atoms with Crippen molar-refractivity contribution in [3.05, 3.63) is 42.2 Å². The number of nitrogens with two attached hydrogens (primary N) is 1. The van der Waals surface area contributed by atoms with Crippen molar-refractivity contribution in [2.45, 2.75) is 57.3 Å². The van der Waals surface area contributed by atoms with Crippen molar-refractivity contribution >= 4 is 35.3 Å². The minimum Gasteiger partial charge on any atom is -0.372 e. The maximum absolute atomic E-state index is 12.6. The molecule has 2 aromatic heterocycles. The molecule has 9 nitrogen and oxygen atoms in total. The van der Waals surface area contributed by atoms with Gasteiger partial charge < -0.3 is 30.6 Å². The van der Waals surface area contributed by atoms with Gasteiger partial charge in [-0.05, 0) is 44.9 Å². The van der Waals surface area contributed by atoms with Crippen molar-refractivity contribution < 1.29 is 9.53 Å². The van der Waals surface area contributed by atoms with E-state index in [1.807, 2.05) is 24.4 Å². The Hall–Kier alpha value is -3.33. The van der Waals surface area contributed by atoms with Crippen LogP contribution in [-0.4, -0.2) is 53.3 Å². The molecule has 180 valence electrons. The van der Waals surface area contributed by atoms with Gasteiger partial charge in [-0.2, -0.15) is 4.99 Å². The Morgan fingerprint density at radius 2 is 2.06 bits per heavy atom. The van der Waals surface area contributed by atoms with Crippen molar-refractivity contribution in [1.29, 1.82) is 0 Å². The predicted octanol–water partition coefficient (Wildman–Crippen LogP) is 3.21. The SMILES string of the molecule is C=Cc1cc2n(c1/N=C(\N)Nc1ccc(N3CC(C)OC(C)C3)cn1)C1(CCCC1)CNC2=O. The third-order valence-corrected chi connectivity index (χ3v) is 7.06. The van der Waals surface area contributed by atoms with Crippen molar-refractivity contribution in [1.82, 2.24) is 14.9 Å². The maximum atomic E-state index is 12.6. The zero-order valence-corrected chi connectivity index (χ0v) is 19.9. The van der Waals surface area contributed by atoms with Gasteiger partial charge in [-0.25, -0.2) is 4.98 Å². The summed E-state index contributed by atoms with van der Waals surface area (Å²) in [4.78, 5) is 24.1. The zero-order chi connectivity index (χ0) is 23.9. The highest BCUT2D eigenvalue weighted by atomic mass is 16.5. The number of amides is 1. The number of aliphatic imine (C=N–C) groups is 1. The molecule has 2 unspecified atom stereocenters. The van der Waals surface area contributed by atoms with Crippen LogP contribution in [0.3, 0.4) is 0 Å². The Morgan fingerprint density at radius 1 is 1.32 bits per heavy atom. The van der Waals surface area contributed by atoms with Gasteiger partial charge in [0.1, 0.15) is 17.3 Å². The summed E-state index contributed by atoms with van der Waals surface area (Å²) < 4.78 is 7.91. The van der Waals surface area contributed by atoms with Crippen LogP contribution in [0, 0.1) is 0 Å². The van der Waals surface area contributed by atoms with Gasteiger partial charge in [0.2, 0.25) is 5.96 Å². The Labute approximate surface area is 200 Å². The van der Waals surface area contributed by atoms with Crippen LogP contribution in [0.4, 0.5) is 17.3 Å². The number of nitrogens with one attached hydrogen (secondary N) is 2. The molecule has 1 spiro atoms. The van der Waals surface area contributed by atoms with Gasteiger partial charge in [0, 0.05) is 25.2 Å². The van der Waals surface area contributed by atoms with Gasteiger partial charge in [-0.1, -0.05) is 25.5 Å². The first kappa shape index (κ1) is 22.5. The average molecular weight is 464 g/mol. The van der Waals surface area contributed by atoms with E-state index in [2.05, 4.69) is 45.5 Å². The largest absolute Gasteiger partial charge is 0.372 e. The van der Waals surface area contributed by atoms with E-state index in [4.69, 9.17) is 15.5 Å². The normalized spacial score (nSPS) is 24.1. The molecule has 2 fully saturated rings. The highest BCUT2D eigenvalue weighted by Gasteiger charge is 2.43. The van der Waals surface area contributed by atoms with E-state index in [1.54, 1.807) is 6.08 Å². The number of hydrogen-bond acceptors (Lipinski definition) is 5. The quantitative estimate of drug-likeness (QED) is 0.474. The standard InChI is InChI=1S/C25H33N7O2/c1-4-18-11-20-23(33)28-15-25(9-5-6-10-25)32(20)22(18)30-24(26)29-21-8-7-19(12-27-21)31-13-16(2)34-17(3)14-31/h4,7-8,11-12,16-17H,1,5-6,9-10,13-15H2,2-3H3,(H,28,33)(H3,26,27,29,30). The zero-order valence-electron chi connectivity index (χ0n) is 19.9. The third kappa shape index (κ3) is 4.04. The number of morpholine rings is 1. The van der Waals surface area contributed by atoms with Crippen LogP contribution < -0.4 is 21.3 Å². The van der Waals surface area contributed by atoms with Gasteiger partial charge in [-0.3, -0.25) is 4.79 Å². The molecule has 1 saturated carbocycles. The fourth-order valence-electron chi connectivity index (χ4n) is 5.59. The lowest BCUT2D eigenvalue weighted by molar-refractivity contribution is -0.00523. The Kier molecular flexibility index (Phi) is 5.81. The van der Waals surface area contributed by atoms with E-state index in [0.717, 1.165) is 50.0 Å². The van der Waals surface area contributed by atoms with Crippen LogP contribution in [-0.2, 0) is 10.3 Å². The Balaban J connectivity index is 1.40. The van der Waals surface area contributed by atoms with Crippen LogP contribution in [0.15, 0.2) is 36.0 Å². The van der Waals surface area contributed by atoms with Gasteiger partial charge in [0.25, 0.3) is 5.91 Å². The van der Waals surface area contributed by atoms with Crippen molar-refractivity contribution in [3.8, 4) is 0 Å². The molecule has 34 heavy (non-hydrogen) atoms. The number of anilines is 2. The molecule has 1 saturated heterocycles. The van der Waals surface area contributed by atoms with Crippen molar-refractivity contribution in [2.24, 2.45) is 10.7 Å². The van der Waals surface area contributed by atoms with Crippen LogP contribution in [0.25, 0.3) is 6.08 Å². The van der Waals surface area contributed by atoms with Gasteiger partial charge in [-0.15, -0.1) is 0 Å². The second-order valence-corrected chi connectivity index (χ2v) is 9.65. The summed E-state index contributed by atoms with van der Waals surface area (Å²) in [6.07, 6.45) is 8.20. The van der Waals surface area contributed by atoms with Gasteiger partial charge in [0.05, 0.1) is 29.6 Å². The van der Waals surface area contributed by atoms with E-state index < -0.39 is 0 Å². The molecule has 4 N–H and O–H groups in total. The Morgan fingerprint density at radius 3 is 2.71 bits per heavy atom. The lowest BCUT2D eigenvalue weighted by Crippen LogP contribution is -2.50. The van der Waals surface area contributed by atoms with E-state index >= 15 is 0 Å². The lowest BCUT2D eigenvalue weighted by Gasteiger charge is -2.37. The number of guanidine groups is 1. The number of hydrogen-bond donors (Lipinski definition) is 3. The van der Waals surface area contributed by atoms with E-state index in [9.17, 15) is 4.79 Å². The molecule has 2 aliphatic heterocycles. The summed E-state index contributed by atoms with van der Waals surface area (Å²) in [6.45, 7) is 10.4. The lowest BCUT2D eigenvalue weighted by atomic mass is 9.94. The van der Waals surface area contributed by atoms with Crippen LogP contribution in [0.1, 0.15) is 55.6 Å². The molecular formula is C25H33N7O2. The summed E-state index contributed by atoms with van der Waals surface area (Å²) in [6, 6.07) is 5.78. The molecule has 2 atom stereocenters. The number of aromatic nitrogens is 2. The summed E-state index contributed by atoms with van der Waals surface area (Å²) >= 11 is 0. The summed E-state index contributed by atoms with van der Waals surface area (Å²) in [7, 11) is 0. The summed E-state index contributed by atoms with van der Waals surface area (Å²) in [5.41, 5.74) is 8.62. The topological polar surface area (TPSA) is 110 Å². The second-order valence-electron chi connectivity index (χ2n) is 9.65. The fourth-order valence-corrected chi connectivity index (χ4v) is 5.59. The maximum Gasteiger partial charge on any atom is 0.268 e. The second kappa shape index (κ2) is 8.79. The number of pyridine rings is 1. The van der Waals surface area contributed by atoms with Crippen LogP contribution >= 0.6 is 0 Å². The molecule has 2 aromatic rings. The molecule has 1 aliphatic carbocycles. The first-order valence-corrected chi connectivity index (χ1v) is 12.0. The minimum atomic E-state index is -0.157. The number of rotatable bonds is 4. The minimum absolute atomic E-state index is 0.0855. The van der Waals surface area contributed by atoms with Crippen molar-refractivity contribution in [2.75, 3.05) is 29.9 Å². The molecule has 1 amide bonds. The number of nitrogens with zero attached hydrogens (tertiary/aromatic N) is 4. The summed E-state index contributed by atoms with van der Waals surface area (Å²) in [5.74, 6) is 1.41. The molecule has 3 aliphatic rings. The fraction of sp³-hybridized carbons (Fsp3) is 0.480. The molecular weight excluding hydrogens is 430 g/mol. The van der Waals surface area contributed by atoms with Crippen LogP contribution in [0.2, 0.25) is 0 Å². The van der Waals surface area contributed by atoms with Crippen LogP contribution in [0.5, 0.6) is 0 Å². The molecule has 0 radical (unpaired) electrons. The van der Waals surface area contributed by atoms with Gasteiger partial charge in [0.15, 0.2) is 0 Å². The van der Waals surface area contributed by atoms with Gasteiger partial charge >= 0.3 is 0 Å². The average Bonchev–Trinajstić information content (AvgIpc) is 3.42. The molecule has 0 aromatic carbocycles. The molecule has 9 heteroatoms. The molecule has 0 bridgehead atoms. The molecule has 4 heterocycles. The number of carbonyl (C=O) groups excluding carboxylic acids is 1. The van der Waals surface area contributed by atoms with E-state index in [0.29, 0.717) is 23.9 Å². The smallest absolute Gasteiger partial charge is 0.268 e. The number of ether oxygens (including phenoxy) is 1. The van der Waals surface area contributed by atoms with Crippen molar-refractivity contribution in [3.63, 3.8) is 0 Å². The number of carbonyl (C=O) groups is 1. The van der Waals surface area contributed by atoms with E-state index in [1.165, 1.54) is 0 Å². The highest BCUT2D eigenvalue weighted by Crippen LogP contribution is 2.44. The van der Waals surface area contributed by atoms with E-state index in [-0.39, 0.29) is 29.6 Å². The molecule has 5 rings (SSSR count). The Bertz CT molecular complexity index is 1110. The third-order valence-electron chi connectivity index (χ3n) is 7.06. The highest BCUT2D eigenvalue weighted by molar-refractivity contribution is 5.98.